The molecule has 0 aliphatic carbocycles. The number of anilines is 1. The Morgan fingerprint density at radius 1 is 1.10 bits per heavy atom. The van der Waals surface area contributed by atoms with Gasteiger partial charge in [-0.05, 0) is 42.7 Å². The van der Waals surface area contributed by atoms with E-state index in [-0.39, 0.29) is 19.0 Å². The number of benzene rings is 1. The van der Waals surface area contributed by atoms with E-state index in [1.165, 1.54) is 6.07 Å². The molecule has 4 amide bonds. The fraction of sp³-hybridized carbons (Fsp3) is 0.318. The second-order valence-corrected chi connectivity index (χ2v) is 7.24. The van der Waals surface area contributed by atoms with E-state index >= 15 is 0 Å². The molecule has 0 fully saturated rings. The van der Waals surface area contributed by atoms with Gasteiger partial charge in [0.1, 0.15) is 12.6 Å². The summed E-state index contributed by atoms with van der Waals surface area (Å²) in [6.07, 6.45) is 2.07. The van der Waals surface area contributed by atoms with Gasteiger partial charge in [0.05, 0.1) is 18.3 Å². The van der Waals surface area contributed by atoms with E-state index in [0.29, 0.717) is 17.7 Å². The van der Waals surface area contributed by atoms with Crippen LogP contribution < -0.4 is 21.3 Å². The van der Waals surface area contributed by atoms with Crippen molar-refractivity contribution >= 4 is 23.5 Å². The van der Waals surface area contributed by atoms with Gasteiger partial charge in [0.25, 0.3) is 5.91 Å². The summed E-state index contributed by atoms with van der Waals surface area (Å²) in [5.74, 6) is -0.698. The van der Waals surface area contributed by atoms with Crippen molar-refractivity contribution < 1.29 is 14.4 Å². The highest BCUT2D eigenvalue weighted by atomic mass is 16.2. The first kappa shape index (κ1) is 23.3. The van der Waals surface area contributed by atoms with E-state index in [1.54, 1.807) is 36.5 Å². The van der Waals surface area contributed by atoms with Crippen molar-refractivity contribution in [3.63, 3.8) is 0 Å². The number of hydrogen-bond acceptors (Lipinski definition) is 5. The standard InChI is InChI=1S/C22H26N6O3/c1-15(2)12-19(21(30)25-11-9-23)28-20(29)16-6-5-8-17(13-16)27-22(31)26-14-18-7-3-4-10-24-18/h3-8,10,13,15,19H,11-12,14H2,1-2H3,(H,25,30)(H,28,29)(H2,26,27,31). The SMILES string of the molecule is CC(C)CC(NC(=O)c1cccc(NC(=O)NCc2ccccn2)c1)C(=O)NCC#N. The van der Waals surface area contributed by atoms with Crippen molar-refractivity contribution in [2.45, 2.75) is 32.9 Å². The first-order chi connectivity index (χ1) is 14.9. The number of aromatic nitrogens is 1. The van der Waals surface area contributed by atoms with Crippen molar-refractivity contribution in [2.75, 3.05) is 11.9 Å². The smallest absolute Gasteiger partial charge is 0.319 e. The molecule has 0 aliphatic rings. The average molecular weight is 422 g/mol. The summed E-state index contributed by atoms with van der Waals surface area (Å²) >= 11 is 0. The molecule has 9 nitrogen and oxygen atoms in total. The highest BCUT2D eigenvalue weighted by molar-refractivity contribution is 5.99. The predicted molar refractivity (Wildman–Crippen MR) is 116 cm³/mol. The number of carbonyl (C=O) groups excluding carboxylic acids is 3. The summed E-state index contributed by atoms with van der Waals surface area (Å²) in [4.78, 5) is 41.2. The molecular weight excluding hydrogens is 396 g/mol. The maximum Gasteiger partial charge on any atom is 0.319 e. The minimum Gasteiger partial charge on any atom is -0.341 e. The monoisotopic (exact) mass is 422 g/mol. The van der Waals surface area contributed by atoms with Crippen LogP contribution in [0.5, 0.6) is 0 Å². The summed E-state index contributed by atoms with van der Waals surface area (Å²) in [6.45, 7) is 4.01. The summed E-state index contributed by atoms with van der Waals surface area (Å²) < 4.78 is 0. The molecule has 2 aromatic rings. The quantitative estimate of drug-likeness (QED) is 0.459. The Kier molecular flexibility index (Phi) is 8.98. The van der Waals surface area contributed by atoms with E-state index < -0.39 is 23.9 Å². The maximum atomic E-state index is 12.7. The topological polar surface area (TPSA) is 136 Å². The van der Waals surface area contributed by atoms with Crippen LogP contribution in [-0.2, 0) is 11.3 Å². The zero-order chi connectivity index (χ0) is 22.6. The molecule has 0 aliphatic heterocycles. The Labute approximate surface area is 181 Å². The third-order valence-electron chi connectivity index (χ3n) is 4.21. The van der Waals surface area contributed by atoms with Crippen LogP contribution >= 0.6 is 0 Å². The van der Waals surface area contributed by atoms with Crippen molar-refractivity contribution in [3.8, 4) is 6.07 Å². The number of urea groups is 1. The lowest BCUT2D eigenvalue weighted by Gasteiger charge is -2.19. The highest BCUT2D eigenvalue weighted by Crippen LogP contribution is 2.12. The number of nitriles is 1. The van der Waals surface area contributed by atoms with Gasteiger partial charge < -0.3 is 21.3 Å². The molecule has 1 atom stereocenters. The zero-order valence-corrected chi connectivity index (χ0v) is 17.5. The summed E-state index contributed by atoms with van der Waals surface area (Å²) in [5.41, 5.74) is 1.45. The molecule has 0 saturated carbocycles. The molecular formula is C22H26N6O3. The number of amides is 4. The lowest BCUT2D eigenvalue weighted by atomic mass is 10.0. The number of rotatable bonds is 9. The number of pyridine rings is 1. The molecule has 2 rings (SSSR count). The molecule has 0 bridgehead atoms. The minimum atomic E-state index is -0.765. The Balaban J connectivity index is 1.98. The number of hydrogen-bond donors (Lipinski definition) is 4. The summed E-state index contributed by atoms with van der Waals surface area (Å²) in [7, 11) is 0. The van der Waals surface area contributed by atoms with Crippen LogP contribution in [0.4, 0.5) is 10.5 Å². The van der Waals surface area contributed by atoms with Crippen LogP contribution in [0, 0.1) is 17.2 Å². The second kappa shape index (κ2) is 11.9. The fourth-order valence-electron chi connectivity index (χ4n) is 2.78. The van der Waals surface area contributed by atoms with Crippen LogP contribution in [0.2, 0.25) is 0 Å². The van der Waals surface area contributed by atoms with Gasteiger partial charge in [-0.15, -0.1) is 0 Å². The highest BCUT2D eigenvalue weighted by Gasteiger charge is 2.22. The maximum absolute atomic E-state index is 12.7. The van der Waals surface area contributed by atoms with Crippen molar-refractivity contribution in [2.24, 2.45) is 5.92 Å². The van der Waals surface area contributed by atoms with E-state index in [4.69, 9.17) is 5.26 Å². The van der Waals surface area contributed by atoms with Crippen LogP contribution in [0.1, 0.15) is 36.3 Å². The van der Waals surface area contributed by atoms with Crippen molar-refractivity contribution in [3.05, 3.63) is 59.9 Å². The normalized spacial score (nSPS) is 11.2. The molecule has 0 radical (unpaired) electrons. The molecule has 0 spiro atoms. The third-order valence-corrected chi connectivity index (χ3v) is 4.21. The summed E-state index contributed by atoms with van der Waals surface area (Å²) in [5, 5.41) is 19.2. The van der Waals surface area contributed by atoms with Gasteiger partial charge >= 0.3 is 6.03 Å². The number of carbonyl (C=O) groups is 3. The fourth-order valence-corrected chi connectivity index (χ4v) is 2.78. The summed E-state index contributed by atoms with van der Waals surface area (Å²) in [6, 6.07) is 12.5. The van der Waals surface area contributed by atoms with E-state index in [0.717, 1.165) is 5.69 Å². The second-order valence-electron chi connectivity index (χ2n) is 7.24. The van der Waals surface area contributed by atoms with E-state index in [1.807, 2.05) is 26.0 Å². The first-order valence-electron chi connectivity index (χ1n) is 9.89. The molecule has 4 N–H and O–H groups in total. The van der Waals surface area contributed by atoms with Gasteiger partial charge in [0.15, 0.2) is 0 Å². The predicted octanol–water partition coefficient (Wildman–Crippen LogP) is 2.19. The van der Waals surface area contributed by atoms with Crippen LogP contribution in [-0.4, -0.2) is 35.4 Å². The number of nitrogens with one attached hydrogen (secondary N) is 4. The van der Waals surface area contributed by atoms with Crippen LogP contribution in [0.25, 0.3) is 0 Å². The van der Waals surface area contributed by atoms with Crippen molar-refractivity contribution in [1.29, 1.82) is 5.26 Å². The molecule has 9 heteroatoms. The largest absolute Gasteiger partial charge is 0.341 e. The first-order valence-corrected chi connectivity index (χ1v) is 9.89. The molecule has 1 heterocycles. The lowest BCUT2D eigenvalue weighted by molar-refractivity contribution is -0.123. The molecule has 162 valence electrons. The third kappa shape index (κ3) is 8.14. The van der Waals surface area contributed by atoms with Gasteiger partial charge in [0, 0.05) is 17.4 Å². The number of nitrogens with zero attached hydrogens (tertiary/aromatic N) is 2. The molecule has 1 unspecified atom stereocenters. The van der Waals surface area contributed by atoms with Gasteiger partial charge in [-0.2, -0.15) is 5.26 Å². The van der Waals surface area contributed by atoms with Gasteiger partial charge in [-0.25, -0.2) is 4.79 Å². The van der Waals surface area contributed by atoms with Crippen LogP contribution in [0.3, 0.4) is 0 Å². The molecule has 1 aromatic heterocycles. The van der Waals surface area contributed by atoms with Gasteiger partial charge in [-0.3, -0.25) is 14.6 Å². The van der Waals surface area contributed by atoms with Gasteiger partial charge in [-0.1, -0.05) is 26.0 Å². The van der Waals surface area contributed by atoms with E-state index in [2.05, 4.69) is 26.3 Å². The Morgan fingerprint density at radius 2 is 1.90 bits per heavy atom. The molecule has 0 saturated heterocycles. The Morgan fingerprint density at radius 3 is 2.58 bits per heavy atom. The zero-order valence-electron chi connectivity index (χ0n) is 17.5. The van der Waals surface area contributed by atoms with Crippen molar-refractivity contribution in [1.82, 2.24) is 20.9 Å². The Bertz CT molecular complexity index is 940. The lowest BCUT2D eigenvalue weighted by Crippen LogP contribution is -2.47. The van der Waals surface area contributed by atoms with Crippen LogP contribution in [0.15, 0.2) is 48.7 Å². The molecule has 1 aromatic carbocycles. The minimum absolute atomic E-state index is 0.129. The van der Waals surface area contributed by atoms with E-state index in [9.17, 15) is 14.4 Å². The molecule has 31 heavy (non-hydrogen) atoms. The van der Waals surface area contributed by atoms with Gasteiger partial charge in [0.2, 0.25) is 5.91 Å². The Hall–Kier alpha value is -3.93. The average Bonchev–Trinajstić information content (AvgIpc) is 2.76.